The molecule has 0 spiro atoms. The molecule has 2 aromatic rings. The van der Waals surface area contributed by atoms with Crippen LogP contribution in [-0.4, -0.2) is 29.0 Å². The first kappa shape index (κ1) is 21.9. The summed E-state index contributed by atoms with van der Waals surface area (Å²) in [5, 5.41) is 6.10. The number of carbonyl (C=O) groups is 1. The summed E-state index contributed by atoms with van der Waals surface area (Å²) in [5.41, 5.74) is 3.24. The highest BCUT2D eigenvalue weighted by Crippen LogP contribution is 2.06. The van der Waals surface area contributed by atoms with Crippen LogP contribution in [0.2, 0.25) is 0 Å². The molecule has 0 radical (unpaired) electrons. The monoisotopic (exact) mass is 358 g/mol. The standard InChI is InChI=1S/C13H25N3.C8H9NO/c1-3-4-5-6-7-12(2)15-9-8-13-10-14-11-16-13;1-7-2-4-8(5-3-7)9-6-10/h10-12,15H,3-9H2,1-2H3,(H,14,16);2-6H,1H3,(H,9,10). The first-order valence-electron chi connectivity index (χ1n) is 9.63. The lowest BCUT2D eigenvalue weighted by Crippen LogP contribution is -2.28. The third-order valence-electron chi connectivity index (χ3n) is 4.21. The van der Waals surface area contributed by atoms with E-state index in [0.717, 1.165) is 18.7 Å². The van der Waals surface area contributed by atoms with Crippen molar-refractivity contribution in [1.82, 2.24) is 15.3 Å². The molecule has 0 saturated carbocycles. The maximum atomic E-state index is 9.95. The van der Waals surface area contributed by atoms with Gasteiger partial charge in [-0.25, -0.2) is 4.98 Å². The number of rotatable bonds is 11. The van der Waals surface area contributed by atoms with Crippen molar-refractivity contribution < 1.29 is 4.79 Å². The number of benzene rings is 1. The fourth-order valence-corrected chi connectivity index (χ4v) is 2.57. The molecule has 0 saturated heterocycles. The Hall–Kier alpha value is -2.14. The van der Waals surface area contributed by atoms with Gasteiger partial charge in [0.15, 0.2) is 0 Å². The number of nitrogens with one attached hydrogen (secondary N) is 3. The van der Waals surface area contributed by atoms with Gasteiger partial charge in [-0.2, -0.15) is 0 Å². The number of aromatic amines is 1. The largest absolute Gasteiger partial charge is 0.348 e. The summed E-state index contributed by atoms with van der Waals surface area (Å²) in [6, 6.07) is 8.27. The number of H-pyrrole nitrogens is 1. The molecule has 5 nitrogen and oxygen atoms in total. The van der Waals surface area contributed by atoms with Crippen LogP contribution in [0.3, 0.4) is 0 Å². The summed E-state index contributed by atoms with van der Waals surface area (Å²) in [6.07, 6.45) is 12.1. The van der Waals surface area contributed by atoms with Gasteiger partial charge in [0.25, 0.3) is 0 Å². The first-order chi connectivity index (χ1) is 12.7. The normalized spacial score (nSPS) is 11.3. The second-order valence-corrected chi connectivity index (χ2v) is 6.66. The molecule has 1 unspecified atom stereocenters. The SMILES string of the molecule is CCCCCCC(C)NCCc1cnc[nH]1.Cc1ccc(NC=O)cc1. The number of anilines is 1. The minimum absolute atomic E-state index is 0.639. The van der Waals surface area contributed by atoms with Gasteiger partial charge < -0.3 is 15.6 Å². The van der Waals surface area contributed by atoms with E-state index in [1.54, 1.807) is 6.33 Å². The van der Waals surface area contributed by atoms with Gasteiger partial charge >= 0.3 is 0 Å². The van der Waals surface area contributed by atoms with Crippen LogP contribution in [0.4, 0.5) is 5.69 Å². The number of carbonyl (C=O) groups excluding carboxylic acids is 1. The van der Waals surface area contributed by atoms with E-state index in [4.69, 9.17) is 0 Å². The van der Waals surface area contributed by atoms with Gasteiger partial charge in [0.1, 0.15) is 0 Å². The molecule has 1 aromatic heterocycles. The van der Waals surface area contributed by atoms with Crippen molar-refractivity contribution in [3.8, 4) is 0 Å². The van der Waals surface area contributed by atoms with Crippen LogP contribution in [0.5, 0.6) is 0 Å². The average molecular weight is 359 g/mol. The summed E-state index contributed by atoms with van der Waals surface area (Å²) in [6.45, 7) is 7.58. The van der Waals surface area contributed by atoms with Crippen molar-refractivity contribution in [2.75, 3.05) is 11.9 Å². The zero-order chi connectivity index (χ0) is 19.0. The van der Waals surface area contributed by atoms with Crippen LogP contribution in [0.1, 0.15) is 57.2 Å². The molecule has 1 atom stereocenters. The van der Waals surface area contributed by atoms with E-state index in [2.05, 4.69) is 34.4 Å². The second kappa shape index (κ2) is 14.1. The predicted molar refractivity (Wildman–Crippen MR) is 109 cm³/mol. The molecule has 0 aliphatic carbocycles. The Morgan fingerprint density at radius 1 is 1.19 bits per heavy atom. The van der Waals surface area contributed by atoms with Gasteiger partial charge in [0.05, 0.1) is 6.33 Å². The highest BCUT2D eigenvalue weighted by molar-refractivity contribution is 5.70. The number of imidazole rings is 1. The van der Waals surface area contributed by atoms with Gasteiger partial charge in [-0.15, -0.1) is 0 Å². The average Bonchev–Trinajstić information content (AvgIpc) is 3.15. The number of aromatic nitrogens is 2. The Balaban J connectivity index is 0.000000289. The van der Waals surface area contributed by atoms with E-state index in [-0.39, 0.29) is 0 Å². The minimum atomic E-state index is 0.639. The van der Waals surface area contributed by atoms with E-state index in [0.29, 0.717) is 12.5 Å². The number of nitrogens with zero attached hydrogens (tertiary/aromatic N) is 1. The zero-order valence-corrected chi connectivity index (χ0v) is 16.4. The smallest absolute Gasteiger partial charge is 0.211 e. The Kier molecular flexibility index (Phi) is 11.9. The number of hydrogen-bond acceptors (Lipinski definition) is 3. The van der Waals surface area contributed by atoms with E-state index >= 15 is 0 Å². The van der Waals surface area contributed by atoms with E-state index < -0.39 is 0 Å². The van der Waals surface area contributed by atoms with E-state index in [1.807, 2.05) is 37.4 Å². The maximum absolute atomic E-state index is 9.95. The van der Waals surface area contributed by atoms with Crippen LogP contribution >= 0.6 is 0 Å². The molecule has 1 amide bonds. The Bertz CT molecular complexity index is 566. The van der Waals surface area contributed by atoms with Crippen molar-refractivity contribution in [2.24, 2.45) is 0 Å². The van der Waals surface area contributed by atoms with E-state index in [1.165, 1.54) is 43.4 Å². The topological polar surface area (TPSA) is 69.8 Å². The molecule has 26 heavy (non-hydrogen) atoms. The number of amides is 1. The van der Waals surface area contributed by atoms with Crippen molar-refractivity contribution in [1.29, 1.82) is 0 Å². The summed E-state index contributed by atoms with van der Waals surface area (Å²) < 4.78 is 0. The summed E-state index contributed by atoms with van der Waals surface area (Å²) in [5.74, 6) is 0. The predicted octanol–water partition coefficient (Wildman–Crippen LogP) is 4.46. The van der Waals surface area contributed by atoms with Gasteiger partial charge in [-0.3, -0.25) is 4.79 Å². The molecule has 0 fully saturated rings. The van der Waals surface area contributed by atoms with E-state index in [9.17, 15) is 4.79 Å². The Labute approximate surface area is 158 Å². The molecular formula is C21H34N4O. The van der Waals surface area contributed by atoms with Crippen molar-refractivity contribution in [3.05, 3.63) is 48.0 Å². The van der Waals surface area contributed by atoms with Crippen LogP contribution < -0.4 is 10.6 Å². The molecule has 1 heterocycles. The highest BCUT2D eigenvalue weighted by atomic mass is 16.1. The molecule has 144 valence electrons. The third kappa shape index (κ3) is 10.7. The maximum Gasteiger partial charge on any atom is 0.211 e. The Morgan fingerprint density at radius 2 is 1.96 bits per heavy atom. The highest BCUT2D eigenvalue weighted by Gasteiger charge is 2.01. The summed E-state index contributed by atoms with van der Waals surface area (Å²) >= 11 is 0. The van der Waals surface area contributed by atoms with Crippen LogP contribution in [0.25, 0.3) is 0 Å². The molecule has 3 N–H and O–H groups in total. The fourth-order valence-electron chi connectivity index (χ4n) is 2.57. The third-order valence-corrected chi connectivity index (χ3v) is 4.21. The van der Waals surface area contributed by atoms with Gasteiger partial charge in [0.2, 0.25) is 6.41 Å². The molecule has 0 aliphatic rings. The zero-order valence-electron chi connectivity index (χ0n) is 16.4. The van der Waals surface area contributed by atoms with Gasteiger partial charge in [0, 0.05) is 36.6 Å². The molecule has 0 bridgehead atoms. The van der Waals surface area contributed by atoms with Crippen molar-refractivity contribution in [3.63, 3.8) is 0 Å². The van der Waals surface area contributed by atoms with Gasteiger partial charge in [-0.1, -0.05) is 50.3 Å². The van der Waals surface area contributed by atoms with Crippen molar-refractivity contribution >= 4 is 12.1 Å². The quantitative estimate of drug-likeness (QED) is 0.410. The minimum Gasteiger partial charge on any atom is -0.348 e. The molecular weight excluding hydrogens is 324 g/mol. The number of aryl methyl sites for hydroxylation is 1. The second-order valence-electron chi connectivity index (χ2n) is 6.66. The number of unbranched alkanes of at least 4 members (excludes halogenated alkanes) is 3. The molecule has 1 aromatic carbocycles. The lowest BCUT2D eigenvalue weighted by atomic mass is 10.1. The van der Waals surface area contributed by atoms with Gasteiger partial charge in [-0.05, 0) is 32.4 Å². The van der Waals surface area contributed by atoms with Crippen LogP contribution in [-0.2, 0) is 11.2 Å². The lowest BCUT2D eigenvalue weighted by Gasteiger charge is -2.12. The van der Waals surface area contributed by atoms with Crippen LogP contribution in [0, 0.1) is 6.92 Å². The fraction of sp³-hybridized carbons (Fsp3) is 0.524. The lowest BCUT2D eigenvalue weighted by molar-refractivity contribution is -0.105. The summed E-state index contributed by atoms with van der Waals surface area (Å²) in [4.78, 5) is 17.1. The van der Waals surface area contributed by atoms with Crippen molar-refractivity contribution in [2.45, 2.75) is 65.3 Å². The molecule has 2 rings (SSSR count). The number of hydrogen-bond donors (Lipinski definition) is 3. The first-order valence-corrected chi connectivity index (χ1v) is 9.63. The summed E-state index contributed by atoms with van der Waals surface area (Å²) in [7, 11) is 0. The molecule has 0 aliphatic heterocycles. The van der Waals surface area contributed by atoms with Crippen LogP contribution in [0.15, 0.2) is 36.8 Å². The molecule has 5 heteroatoms. The Morgan fingerprint density at radius 3 is 2.58 bits per heavy atom.